The fourth-order valence-corrected chi connectivity index (χ4v) is 2.22. The molecule has 2 atom stereocenters. The number of rotatable bonds is 2. The van der Waals surface area contributed by atoms with Crippen LogP contribution in [-0.2, 0) is 14.3 Å². The third kappa shape index (κ3) is 3.22. The summed E-state index contributed by atoms with van der Waals surface area (Å²) in [5.74, 6) is 0. The Labute approximate surface area is 108 Å². The van der Waals surface area contributed by atoms with E-state index in [4.69, 9.17) is 9.47 Å². The molecule has 5 nitrogen and oxygen atoms in total. The van der Waals surface area contributed by atoms with Gasteiger partial charge in [-0.15, -0.1) is 0 Å². The fraction of sp³-hybridized carbons (Fsp3) is 0.846. The van der Waals surface area contributed by atoms with Crippen molar-refractivity contribution in [1.82, 2.24) is 4.90 Å². The molecule has 0 radical (unpaired) electrons. The Hall–Kier alpha value is -1.10. The predicted octanol–water partition coefficient (Wildman–Crippen LogP) is 2.34. The van der Waals surface area contributed by atoms with Crippen LogP contribution < -0.4 is 0 Å². The van der Waals surface area contributed by atoms with Crippen LogP contribution in [0.4, 0.5) is 4.79 Å². The molecule has 0 N–H and O–H groups in total. The number of amides is 1. The number of aldehydes is 1. The first-order valence-corrected chi connectivity index (χ1v) is 6.22. The summed E-state index contributed by atoms with van der Waals surface area (Å²) in [6, 6.07) is -0.181. The molecular weight excluding hydrogens is 234 g/mol. The van der Waals surface area contributed by atoms with Crippen LogP contribution in [0.5, 0.6) is 0 Å². The predicted molar refractivity (Wildman–Crippen MR) is 67.2 cm³/mol. The Kier molecular flexibility index (Phi) is 4.05. The van der Waals surface area contributed by atoms with Gasteiger partial charge in [-0.3, -0.25) is 4.90 Å². The highest BCUT2D eigenvalue weighted by Crippen LogP contribution is 2.34. The Bertz CT molecular complexity index is 332. The van der Waals surface area contributed by atoms with E-state index >= 15 is 0 Å². The number of carbonyl (C=O) groups excluding carboxylic acids is 2. The van der Waals surface area contributed by atoms with Gasteiger partial charge >= 0.3 is 6.09 Å². The smallest absolute Gasteiger partial charge is 0.412 e. The van der Waals surface area contributed by atoms with E-state index in [-0.39, 0.29) is 18.6 Å². The molecule has 0 bridgehead atoms. The first-order chi connectivity index (χ1) is 8.08. The van der Waals surface area contributed by atoms with Crippen LogP contribution in [0.25, 0.3) is 0 Å². The minimum Gasteiger partial charge on any atom is -0.444 e. The maximum atomic E-state index is 12.2. The van der Waals surface area contributed by atoms with Gasteiger partial charge in [-0.05, 0) is 41.5 Å². The van der Waals surface area contributed by atoms with Gasteiger partial charge in [0.25, 0.3) is 0 Å². The summed E-state index contributed by atoms with van der Waals surface area (Å²) in [7, 11) is 0. The normalized spacial score (nSPS) is 27.1. The first-order valence-electron chi connectivity index (χ1n) is 6.22. The lowest BCUT2D eigenvalue weighted by Gasteiger charge is -2.34. The molecule has 18 heavy (non-hydrogen) atoms. The monoisotopic (exact) mass is 257 g/mol. The average molecular weight is 257 g/mol. The zero-order valence-electron chi connectivity index (χ0n) is 12.0. The van der Waals surface area contributed by atoms with E-state index in [0.29, 0.717) is 0 Å². The second-order valence-corrected chi connectivity index (χ2v) is 6.10. The Morgan fingerprint density at radius 3 is 2.44 bits per heavy atom. The summed E-state index contributed by atoms with van der Waals surface area (Å²) in [5.41, 5.74) is -1.30. The quantitative estimate of drug-likeness (QED) is 0.712. The molecule has 0 aromatic heterocycles. The lowest BCUT2D eigenvalue weighted by molar-refractivity contribution is -0.112. The SMILES string of the molecule is C[C@@H]1[C@@H](CC=O)OC(C)(C)N1C(=O)OC(C)(C)C. The van der Waals surface area contributed by atoms with Crippen LogP contribution in [0.15, 0.2) is 0 Å². The molecule has 0 aliphatic carbocycles. The highest BCUT2D eigenvalue weighted by atomic mass is 16.6. The van der Waals surface area contributed by atoms with Crippen molar-refractivity contribution in [2.45, 2.75) is 71.4 Å². The number of hydrogen-bond donors (Lipinski definition) is 0. The molecule has 1 aliphatic rings. The van der Waals surface area contributed by atoms with E-state index in [9.17, 15) is 9.59 Å². The number of ether oxygens (including phenoxy) is 2. The Morgan fingerprint density at radius 1 is 1.44 bits per heavy atom. The molecule has 0 saturated carbocycles. The third-order valence-electron chi connectivity index (χ3n) is 2.88. The van der Waals surface area contributed by atoms with Gasteiger partial charge in [0.05, 0.1) is 12.1 Å². The zero-order chi connectivity index (χ0) is 14.1. The summed E-state index contributed by atoms with van der Waals surface area (Å²) >= 11 is 0. The average Bonchev–Trinajstić information content (AvgIpc) is 2.34. The van der Waals surface area contributed by atoms with Crippen LogP contribution in [0, 0.1) is 0 Å². The molecule has 104 valence electrons. The minimum atomic E-state index is -0.755. The molecule has 1 aliphatic heterocycles. The number of carbonyl (C=O) groups is 2. The van der Waals surface area contributed by atoms with Gasteiger partial charge in [0.2, 0.25) is 0 Å². The van der Waals surface area contributed by atoms with Crippen LogP contribution in [0.2, 0.25) is 0 Å². The highest BCUT2D eigenvalue weighted by molar-refractivity contribution is 5.70. The van der Waals surface area contributed by atoms with Gasteiger partial charge in [-0.1, -0.05) is 0 Å². The number of nitrogens with zero attached hydrogens (tertiary/aromatic N) is 1. The van der Waals surface area contributed by atoms with Crippen molar-refractivity contribution in [1.29, 1.82) is 0 Å². The van der Waals surface area contributed by atoms with Crippen molar-refractivity contribution in [2.75, 3.05) is 0 Å². The van der Waals surface area contributed by atoms with Gasteiger partial charge in [0, 0.05) is 6.42 Å². The van der Waals surface area contributed by atoms with E-state index in [2.05, 4.69) is 0 Å². The molecule has 0 aromatic rings. The molecule has 1 saturated heterocycles. The molecule has 1 fully saturated rings. The molecule has 5 heteroatoms. The molecule has 1 heterocycles. The standard InChI is InChI=1S/C13H23NO4/c1-9-10(7-8-15)17-13(5,6)14(9)11(16)18-12(2,3)4/h8-10H,7H2,1-6H3/t9-,10-/m1/s1. The van der Waals surface area contributed by atoms with Crippen LogP contribution in [-0.4, -0.2) is 40.8 Å². The van der Waals surface area contributed by atoms with Crippen molar-refractivity contribution < 1.29 is 19.1 Å². The summed E-state index contributed by atoms with van der Waals surface area (Å²) < 4.78 is 11.1. The summed E-state index contributed by atoms with van der Waals surface area (Å²) in [4.78, 5) is 24.3. The van der Waals surface area contributed by atoms with Crippen molar-refractivity contribution >= 4 is 12.4 Å². The zero-order valence-corrected chi connectivity index (χ0v) is 12.0. The van der Waals surface area contributed by atoms with Crippen LogP contribution >= 0.6 is 0 Å². The van der Waals surface area contributed by atoms with E-state index in [0.717, 1.165) is 6.29 Å². The van der Waals surface area contributed by atoms with Gasteiger partial charge in [-0.25, -0.2) is 4.79 Å². The summed E-state index contributed by atoms with van der Waals surface area (Å²) in [6.45, 7) is 10.9. The molecule has 1 rings (SSSR count). The van der Waals surface area contributed by atoms with Gasteiger partial charge in [0.1, 0.15) is 17.6 Å². The van der Waals surface area contributed by atoms with E-state index in [1.165, 1.54) is 0 Å². The Balaban J connectivity index is 2.86. The minimum absolute atomic E-state index is 0.181. The van der Waals surface area contributed by atoms with Crippen molar-refractivity contribution in [3.05, 3.63) is 0 Å². The third-order valence-corrected chi connectivity index (χ3v) is 2.88. The van der Waals surface area contributed by atoms with Crippen LogP contribution in [0.1, 0.15) is 48.0 Å². The van der Waals surface area contributed by atoms with Crippen molar-refractivity contribution in [2.24, 2.45) is 0 Å². The lowest BCUT2D eigenvalue weighted by atomic mass is 10.1. The van der Waals surface area contributed by atoms with Gasteiger partial charge in [0.15, 0.2) is 0 Å². The molecule has 0 unspecified atom stereocenters. The maximum Gasteiger partial charge on any atom is 0.412 e. The second kappa shape index (κ2) is 4.88. The van der Waals surface area contributed by atoms with Crippen molar-refractivity contribution in [3.63, 3.8) is 0 Å². The molecule has 0 aromatic carbocycles. The summed E-state index contributed by atoms with van der Waals surface area (Å²) in [6.07, 6.45) is 0.415. The molecular formula is C13H23NO4. The topological polar surface area (TPSA) is 55.8 Å². The van der Waals surface area contributed by atoms with E-state index in [1.807, 2.05) is 27.7 Å². The molecule has 1 amide bonds. The van der Waals surface area contributed by atoms with Gasteiger partial charge in [-0.2, -0.15) is 0 Å². The van der Waals surface area contributed by atoms with E-state index in [1.54, 1.807) is 18.7 Å². The fourth-order valence-electron chi connectivity index (χ4n) is 2.22. The summed E-state index contributed by atoms with van der Waals surface area (Å²) in [5, 5.41) is 0. The maximum absolute atomic E-state index is 12.2. The Morgan fingerprint density at radius 2 is 2.00 bits per heavy atom. The molecule has 0 spiro atoms. The van der Waals surface area contributed by atoms with E-state index < -0.39 is 17.4 Å². The highest BCUT2D eigenvalue weighted by Gasteiger charge is 2.48. The number of hydrogen-bond acceptors (Lipinski definition) is 4. The van der Waals surface area contributed by atoms with Crippen molar-refractivity contribution in [3.8, 4) is 0 Å². The largest absolute Gasteiger partial charge is 0.444 e. The van der Waals surface area contributed by atoms with Crippen LogP contribution in [0.3, 0.4) is 0 Å². The second-order valence-electron chi connectivity index (χ2n) is 6.10. The van der Waals surface area contributed by atoms with Gasteiger partial charge < -0.3 is 14.3 Å². The lowest BCUT2D eigenvalue weighted by Crippen LogP contribution is -2.49. The first kappa shape index (κ1) is 15.0.